The van der Waals surface area contributed by atoms with Crippen molar-refractivity contribution in [2.75, 3.05) is 24.7 Å². The highest BCUT2D eigenvalue weighted by molar-refractivity contribution is 7.18. The van der Waals surface area contributed by atoms with Gasteiger partial charge in [0, 0.05) is 6.54 Å². The minimum Gasteiger partial charge on any atom is -0.377 e. The highest BCUT2D eigenvalue weighted by Crippen LogP contribution is 2.37. The van der Waals surface area contributed by atoms with Crippen LogP contribution in [0.1, 0.15) is 6.92 Å². The quantitative estimate of drug-likeness (QED) is 0.481. The number of fused-ring (bicyclic) bond motifs is 1. The zero-order valence-corrected chi connectivity index (χ0v) is 12.1. The van der Waals surface area contributed by atoms with E-state index >= 15 is 0 Å². The molecule has 0 radical (unpaired) electrons. The predicted octanol–water partition coefficient (Wildman–Crippen LogP) is 2.48. The fraction of sp³-hybridized carbons (Fsp3) is 0.455. The number of rotatable bonds is 2. The molecule has 0 saturated carbocycles. The molecule has 1 aliphatic heterocycles. The molecule has 20 heavy (non-hydrogen) atoms. The first-order valence-electron chi connectivity index (χ1n) is 6.01. The van der Waals surface area contributed by atoms with Gasteiger partial charge in [0.15, 0.2) is 11.3 Å². The largest absolute Gasteiger partial charge is 0.377 e. The molecule has 1 atom stereocenters. The Kier molecular flexibility index (Phi) is 3.45. The second-order valence-corrected chi connectivity index (χ2v) is 5.71. The Labute approximate surface area is 123 Å². The van der Waals surface area contributed by atoms with Crippen LogP contribution in [0.15, 0.2) is 5.38 Å². The first kappa shape index (κ1) is 13.5. The van der Waals surface area contributed by atoms with Crippen LogP contribution < -0.4 is 4.90 Å². The van der Waals surface area contributed by atoms with Gasteiger partial charge in [0.05, 0.1) is 29.6 Å². The van der Waals surface area contributed by atoms with E-state index in [9.17, 15) is 10.1 Å². The summed E-state index contributed by atoms with van der Waals surface area (Å²) in [6.07, 6.45) is 0. The van der Waals surface area contributed by atoms with Gasteiger partial charge in [-0.1, -0.05) is 0 Å². The molecule has 0 aliphatic carbocycles. The number of nitrogens with zero attached hydrogens (tertiary/aromatic N) is 4. The molecule has 0 aromatic carbocycles. The van der Waals surface area contributed by atoms with Crippen LogP contribution in [0.25, 0.3) is 10.2 Å². The molecule has 1 fully saturated rings. The first-order chi connectivity index (χ1) is 9.58. The fourth-order valence-corrected chi connectivity index (χ4v) is 3.35. The number of nitro groups is 1. The molecule has 1 unspecified atom stereocenters. The van der Waals surface area contributed by atoms with E-state index in [2.05, 4.69) is 14.9 Å². The third-order valence-electron chi connectivity index (χ3n) is 3.19. The van der Waals surface area contributed by atoms with Crippen molar-refractivity contribution in [3.8, 4) is 0 Å². The summed E-state index contributed by atoms with van der Waals surface area (Å²) in [7, 11) is 0. The Morgan fingerprint density at radius 2 is 2.40 bits per heavy atom. The van der Waals surface area contributed by atoms with Gasteiger partial charge in [0.2, 0.25) is 5.28 Å². The first-order valence-corrected chi connectivity index (χ1v) is 7.27. The van der Waals surface area contributed by atoms with Crippen LogP contribution >= 0.6 is 22.9 Å². The van der Waals surface area contributed by atoms with Crippen LogP contribution in [0.5, 0.6) is 0 Å². The maximum Gasteiger partial charge on any atom is 0.306 e. The Morgan fingerprint density at radius 3 is 3.10 bits per heavy atom. The van der Waals surface area contributed by atoms with Gasteiger partial charge in [-0.3, -0.25) is 10.1 Å². The molecule has 106 valence electrons. The third kappa shape index (κ3) is 2.19. The molecule has 1 aliphatic rings. The third-order valence-corrected chi connectivity index (χ3v) is 4.31. The lowest BCUT2D eigenvalue weighted by Crippen LogP contribution is -2.44. The van der Waals surface area contributed by atoms with Crippen LogP contribution in [0.3, 0.4) is 0 Å². The second kappa shape index (κ2) is 5.12. The molecule has 9 heteroatoms. The molecular formula is C11H11ClN4O3S. The second-order valence-electron chi connectivity index (χ2n) is 4.49. The predicted molar refractivity (Wildman–Crippen MR) is 76.7 cm³/mol. The number of anilines is 1. The molecule has 2 aromatic heterocycles. The lowest BCUT2D eigenvalue weighted by molar-refractivity contribution is -0.382. The van der Waals surface area contributed by atoms with Gasteiger partial charge in [-0.2, -0.15) is 4.98 Å². The summed E-state index contributed by atoms with van der Waals surface area (Å²) in [5.74, 6) is 0.647. The van der Waals surface area contributed by atoms with E-state index in [0.29, 0.717) is 35.8 Å². The smallest absolute Gasteiger partial charge is 0.306 e. The Hall–Kier alpha value is -1.51. The lowest BCUT2D eigenvalue weighted by atomic mass is 10.2. The van der Waals surface area contributed by atoms with Crippen molar-refractivity contribution in [1.82, 2.24) is 9.97 Å². The average molecular weight is 315 g/mol. The van der Waals surface area contributed by atoms with E-state index in [1.807, 2.05) is 6.92 Å². The van der Waals surface area contributed by atoms with Gasteiger partial charge >= 0.3 is 5.69 Å². The summed E-state index contributed by atoms with van der Waals surface area (Å²) >= 11 is 7.19. The molecule has 0 N–H and O–H groups in total. The van der Waals surface area contributed by atoms with Gasteiger partial charge in [0.1, 0.15) is 4.70 Å². The minimum atomic E-state index is -0.450. The molecule has 3 rings (SSSR count). The number of morpholine rings is 1. The van der Waals surface area contributed by atoms with Gasteiger partial charge in [-0.25, -0.2) is 4.98 Å². The number of hydrogen-bond donors (Lipinski definition) is 0. The Morgan fingerprint density at radius 1 is 1.60 bits per heavy atom. The Bertz CT molecular complexity index is 677. The van der Waals surface area contributed by atoms with Crippen molar-refractivity contribution in [1.29, 1.82) is 0 Å². The molecule has 0 bridgehead atoms. The van der Waals surface area contributed by atoms with E-state index in [1.165, 1.54) is 16.7 Å². The maximum absolute atomic E-state index is 11.0. The van der Waals surface area contributed by atoms with Gasteiger partial charge in [0.25, 0.3) is 0 Å². The summed E-state index contributed by atoms with van der Waals surface area (Å²) in [5.41, 5.74) is 0.269. The number of thiophene rings is 1. The molecule has 2 aromatic rings. The Balaban J connectivity index is 2.17. The van der Waals surface area contributed by atoms with Crippen LogP contribution in [-0.2, 0) is 4.74 Å². The standard InChI is InChI=1S/C11H11ClN4O3S/c1-6-4-19-3-2-15(6)10-9-8(13-11(12)14-10)7(5-20-9)16(17)18/h5-6H,2-4H2,1H3. The van der Waals surface area contributed by atoms with Crippen molar-refractivity contribution in [3.05, 3.63) is 20.8 Å². The molecule has 3 heterocycles. The van der Waals surface area contributed by atoms with Crippen molar-refractivity contribution < 1.29 is 9.66 Å². The highest BCUT2D eigenvalue weighted by atomic mass is 35.5. The molecule has 0 amide bonds. The van der Waals surface area contributed by atoms with Gasteiger partial charge in [-0.05, 0) is 18.5 Å². The van der Waals surface area contributed by atoms with E-state index < -0.39 is 4.92 Å². The monoisotopic (exact) mass is 314 g/mol. The number of ether oxygens (including phenoxy) is 1. The minimum absolute atomic E-state index is 0.0210. The highest BCUT2D eigenvalue weighted by Gasteiger charge is 2.27. The van der Waals surface area contributed by atoms with Crippen LogP contribution in [0, 0.1) is 10.1 Å². The topological polar surface area (TPSA) is 81.4 Å². The zero-order valence-electron chi connectivity index (χ0n) is 10.6. The SMILES string of the molecule is CC1COCCN1c1nc(Cl)nc2c([N+](=O)[O-])csc12. The summed E-state index contributed by atoms with van der Waals surface area (Å²) in [6, 6.07) is 0.138. The van der Waals surface area contributed by atoms with Crippen molar-refractivity contribution in [3.63, 3.8) is 0 Å². The summed E-state index contributed by atoms with van der Waals surface area (Å²) in [5, 5.41) is 12.5. The van der Waals surface area contributed by atoms with E-state index in [4.69, 9.17) is 16.3 Å². The lowest BCUT2D eigenvalue weighted by Gasteiger charge is -2.34. The zero-order chi connectivity index (χ0) is 14.3. The average Bonchev–Trinajstić information content (AvgIpc) is 2.82. The molecule has 1 saturated heterocycles. The number of hydrogen-bond acceptors (Lipinski definition) is 7. The number of halogens is 1. The fourth-order valence-electron chi connectivity index (χ4n) is 2.23. The van der Waals surface area contributed by atoms with Crippen LogP contribution in [0.2, 0.25) is 5.28 Å². The summed E-state index contributed by atoms with van der Waals surface area (Å²) in [4.78, 5) is 20.9. The van der Waals surface area contributed by atoms with Crippen LogP contribution in [0.4, 0.5) is 11.5 Å². The molecule has 0 spiro atoms. The van der Waals surface area contributed by atoms with Gasteiger partial charge in [-0.15, -0.1) is 11.3 Å². The number of aromatic nitrogens is 2. The molecule has 7 nitrogen and oxygen atoms in total. The normalized spacial score (nSPS) is 19.5. The maximum atomic E-state index is 11.0. The molecular weight excluding hydrogens is 304 g/mol. The summed E-state index contributed by atoms with van der Waals surface area (Å²) in [6.45, 7) is 3.88. The van der Waals surface area contributed by atoms with Crippen LogP contribution in [-0.4, -0.2) is 40.7 Å². The van der Waals surface area contributed by atoms with Crippen molar-refractivity contribution in [2.45, 2.75) is 13.0 Å². The summed E-state index contributed by atoms with van der Waals surface area (Å²) < 4.78 is 6.09. The van der Waals surface area contributed by atoms with Gasteiger partial charge < -0.3 is 9.64 Å². The van der Waals surface area contributed by atoms with E-state index in [0.717, 1.165) is 0 Å². The van der Waals surface area contributed by atoms with Crippen molar-refractivity contribution in [2.24, 2.45) is 0 Å². The van der Waals surface area contributed by atoms with E-state index in [1.54, 1.807) is 0 Å². The van der Waals surface area contributed by atoms with E-state index in [-0.39, 0.29) is 17.0 Å². The van der Waals surface area contributed by atoms with Crippen molar-refractivity contribution >= 4 is 44.7 Å².